The molecule has 4 fully saturated rings. The molecule has 0 aromatic heterocycles. The minimum atomic E-state index is -0.0935. The Hall–Kier alpha value is -0.960. The molecule has 0 heterocycles. The summed E-state index contributed by atoms with van der Waals surface area (Å²) in [5, 5.41) is 3.55. The second-order valence-corrected chi connectivity index (χ2v) is 9.96. The molecule has 0 unspecified atom stereocenters. The molecule has 1 aromatic carbocycles. The Labute approximate surface area is 150 Å². The van der Waals surface area contributed by atoms with Crippen molar-refractivity contribution in [2.45, 2.75) is 63.7 Å². The average molecular weight is 344 g/mol. The normalized spacial score (nSPS) is 34.3. The summed E-state index contributed by atoms with van der Waals surface area (Å²) in [7, 11) is 0. The van der Waals surface area contributed by atoms with Crippen molar-refractivity contribution in [1.82, 2.24) is 5.32 Å². The highest BCUT2D eigenvalue weighted by Crippen LogP contribution is 2.63. The first-order valence-corrected chi connectivity index (χ1v) is 10.4. The highest BCUT2D eigenvalue weighted by molar-refractivity contribution is 8.12. The maximum absolute atomic E-state index is 12.6. The van der Waals surface area contributed by atoms with Crippen LogP contribution in [0.25, 0.3) is 0 Å². The lowest BCUT2D eigenvalue weighted by Gasteiger charge is -2.62. The van der Waals surface area contributed by atoms with Crippen LogP contribution in [0.3, 0.4) is 0 Å². The van der Waals surface area contributed by atoms with E-state index < -0.39 is 0 Å². The minimum absolute atomic E-state index is 0.0935. The summed E-state index contributed by atoms with van der Waals surface area (Å²) < 4.78 is 0. The van der Waals surface area contributed by atoms with Crippen molar-refractivity contribution in [3.05, 3.63) is 35.9 Å². The Morgan fingerprint density at radius 2 is 1.62 bits per heavy atom. The monoisotopic (exact) mass is 343 g/mol. The van der Waals surface area contributed by atoms with Gasteiger partial charge in [0.2, 0.25) is 0 Å². The van der Waals surface area contributed by atoms with Gasteiger partial charge in [-0.15, -0.1) is 0 Å². The molecule has 24 heavy (non-hydrogen) atoms. The van der Waals surface area contributed by atoms with Crippen LogP contribution in [0.15, 0.2) is 30.3 Å². The van der Waals surface area contributed by atoms with Gasteiger partial charge >= 0.3 is 0 Å². The van der Waals surface area contributed by atoms with Crippen LogP contribution < -0.4 is 5.32 Å². The zero-order valence-corrected chi connectivity index (χ0v) is 15.7. The predicted octanol–water partition coefficient (Wildman–Crippen LogP) is 5.62. The molecule has 1 N–H and O–H groups in total. The quantitative estimate of drug-likeness (QED) is 0.768. The van der Waals surface area contributed by atoms with E-state index in [2.05, 4.69) is 31.3 Å². The van der Waals surface area contributed by atoms with Gasteiger partial charge in [0, 0.05) is 11.3 Å². The largest absolute Gasteiger partial charge is 0.342 e. The summed E-state index contributed by atoms with van der Waals surface area (Å²) in [6.07, 6.45) is 8.34. The second kappa shape index (κ2) is 6.09. The van der Waals surface area contributed by atoms with Crippen LogP contribution in [-0.2, 0) is 5.75 Å². The molecule has 4 aliphatic rings. The minimum Gasteiger partial charge on any atom is -0.342 e. The van der Waals surface area contributed by atoms with Crippen molar-refractivity contribution in [3.8, 4) is 0 Å². The summed E-state index contributed by atoms with van der Waals surface area (Å²) in [5.74, 6) is 3.52. The van der Waals surface area contributed by atoms with E-state index in [1.807, 2.05) is 18.2 Å². The number of hydrogen-bond acceptors (Lipinski definition) is 2. The molecule has 4 saturated carbocycles. The van der Waals surface area contributed by atoms with E-state index in [9.17, 15) is 4.79 Å². The van der Waals surface area contributed by atoms with Gasteiger partial charge in [0.05, 0.1) is 0 Å². The third-order valence-corrected chi connectivity index (χ3v) is 7.83. The number of thioether (sulfide) groups is 1. The fourth-order valence-electron chi connectivity index (χ4n) is 6.02. The maximum Gasteiger partial charge on any atom is 0.279 e. The summed E-state index contributed by atoms with van der Waals surface area (Å²) in [4.78, 5) is 12.6. The molecule has 4 aliphatic carbocycles. The van der Waals surface area contributed by atoms with Gasteiger partial charge in [-0.05, 0) is 81.1 Å². The average Bonchev–Trinajstić information content (AvgIpc) is 2.52. The fraction of sp³-hybridized carbons (Fsp3) is 0.667. The van der Waals surface area contributed by atoms with Crippen LogP contribution in [0, 0.1) is 23.2 Å². The van der Waals surface area contributed by atoms with Gasteiger partial charge in [0.25, 0.3) is 5.24 Å². The van der Waals surface area contributed by atoms with Crippen molar-refractivity contribution in [2.24, 2.45) is 23.2 Å². The lowest BCUT2D eigenvalue weighted by atomic mass is 9.45. The van der Waals surface area contributed by atoms with Gasteiger partial charge in [-0.1, -0.05) is 42.1 Å². The van der Waals surface area contributed by atoms with Gasteiger partial charge in [-0.2, -0.15) is 0 Å². The van der Waals surface area contributed by atoms with E-state index in [1.54, 1.807) is 0 Å². The SMILES string of the molecule is CC(C)(NC(=O)SCc1ccccc1)C12CC3CC(CC(C3)C1)C2. The number of rotatable bonds is 4. The smallest absolute Gasteiger partial charge is 0.279 e. The summed E-state index contributed by atoms with van der Waals surface area (Å²) >= 11 is 1.41. The van der Waals surface area contributed by atoms with E-state index in [0.717, 1.165) is 23.5 Å². The van der Waals surface area contributed by atoms with E-state index in [-0.39, 0.29) is 10.8 Å². The van der Waals surface area contributed by atoms with E-state index in [0.29, 0.717) is 5.41 Å². The summed E-state index contributed by atoms with van der Waals surface area (Å²) in [6, 6.07) is 10.3. The van der Waals surface area contributed by atoms with Gasteiger partial charge in [0.1, 0.15) is 0 Å². The van der Waals surface area contributed by atoms with E-state index in [1.165, 1.54) is 55.9 Å². The van der Waals surface area contributed by atoms with Crippen molar-refractivity contribution in [2.75, 3.05) is 0 Å². The Morgan fingerprint density at radius 1 is 1.08 bits per heavy atom. The highest BCUT2D eigenvalue weighted by Gasteiger charge is 2.57. The molecule has 0 saturated heterocycles. The van der Waals surface area contributed by atoms with Gasteiger partial charge in [-0.3, -0.25) is 4.79 Å². The van der Waals surface area contributed by atoms with Crippen LogP contribution in [-0.4, -0.2) is 10.8 Å². The zero-order valence-electron chi connectivity index (χ0n) is 14.9. The lowest BCUT2D eigenvalue weighted by Crippen LogP contribution is -2.62. The van der Waals surface area contributed by atoms with Crippen LogP contribution in [0.5, 0.6) is 0 Å². The number of carbonyl (C=O) groups is 1. The Balaban J connectivity index is 1.40. The van der Waals surface area contributed by atoms with Crippen LogP contribution in [0.4, 0.5) is 4.79 Å². The number of carbonyl (C=O) groups excluding carboxylic acids is 1. The van der Waals surface area contributed by atoms with Crippen LogP contribution in [0.1, 0.15) is 57.9 Å². The standard InChI is InChI=1S/C21H29NOS/c1-20(2,22-19(23)24-14-15-6-4-3-5-7-15)21-11-16-8-17(12-21)10-18(9-16)13-21/h3-7,16-18H,8-14H2,1-2H3,(H,22,23). The number of benzene rings is 1. The second-order valence-electron chi connectivity index (χ2n) is 9.01. The highest BCUT2D eigenvalue weighted by atomic mass is 32.2. The molecule has 1 aromatic rings. The maximum atomic E-state index is 12.6. The van der Waals surface area contributed by atoms with Gasteiger partial charge in [0.15, 0.2) is 0 Å². The molecule has 4 bridgehead atoms. The Kier molecular flexibility index (Phi) is 4.19. The van der Waals surface area contributed by atoms with Crippen LogP contribution >= 0.6 is 11.8 Å². The van der Waals surface area contributed by atoms with E-state index >= 15 is 0 Å². The number of nitrogens with one attached hydrogen (secondary N) is 1. The molecule has 1 amide bonds. The molecular formula is C21H29NOS. The first-order valence-electron chi connectivity index (χ1n) is 9.45. The molecule has 0 spiro atoms. The van der Waals surface area contributed by atoms with Crippen molar-refractivity contribution in [1.29, 1.82) is 0 Å². The summed E-state index contributed by atoms with van der Waals surface area (Å²) in [6.45, 7) is 4.56. The first kappa shape index (κ1) is 16.5. The van der Waals surface area contributed by atoms with Gasteiger partial charge in [-0.25, -0.2) is 0 Å². The molecule has 0 radical (unpaired) electrons. The molecule has 0 aliphatic heterocycles. The predicted molar refractivity (Wildman–Crippen MR) is 101 cm³/mol. The topological polar surface area (TPSA) is 29.1 Å². The molecule has 2 nitrogen and oxygen atoms in total. The number of hydrogen-bond donors (Lipinski definition) is 1. The lowest BCUT2D eigenvalue weighted by molar-refractivity contribution is -0.0944. The van der Waals surface area contributed by atoms with Crippen LogP contribution in [0.2, 0.25) is 0 Å². The Morgan fingerprint density at radius 3 is 2.17 bits per heavy atom. The van der Waals surface area contributed by atoms with Crippen molar-refractivity contribution < 1.29 is 4.79 Å². The van der Waals surface area contributed by atoms with Crippen molar-refractivity contribution >= 4 is 17.0 Å². The third kappa shape index (κ3) is 3.00. The molecule has 130 valence electrons. The molecule has 3 heteroatoms. The first-order chi connectivity index (χ1) is 11.5. The fourth-order valence-corrected chi connectivity index (χ4v) is 6.84. The Bertz CT molecular complexity index is 574. The summed E-state index contributed by atoms with van der Waals surface area (Å²) in [5.41, 5.74) is 1.46. The third-order valence-electron chi connectivity index (χ3n) is 6.99. The van der Waals surface area contributed by atoms with Crippen molar-refractivity contribution in [3.63, 3.8) is 0 Å². The molecule has 0 atom stereocenters. The molecular weight excluding hydrogens is 314 g/mol. The van der Waals surface area contributed by atoms with E-state index in [4.69, 9.17) is 0 Å². The zero-order chi connectivity index (χ0) is 16.8. The van der Waals surface area contributed by atoms with Gasteiger partial charge < -0.3 is 5.32 Å². The number of amides is 1. The molecule has 5 rings (SSSR count).